The number of hydrogen-bond acceptors (Lipinski definition) is 6. The molecule has 3 aromatic rings. The molecule has 1 amide bonds. The van der Waals surface area contributed by atoms with Crippen LogP contribution in [0.5, 0.6) is 0 Å². The van der Waals surface area contributed by atoms with Crippen LogP contribution in [0.25, 0.3) is 11.7 Å². The number of aromatic nitrogens is 2. The van der Waals surface area contributed by atoms with Crippen molar-refractivity contribution in [1.82, 2.24) is 19.6 Å². The highest BCUT2D eigenvalue weighted by molar-refractivity contribution is 6.02. The van der Waals surface area contributed by atoms with Gasteiger partial charge in [0, 0.05) is 45.0 Å². The van der Waals surface area contributed by atoms with Crippen molar-refractivity contribution in [3.63, 3.8) is 0 Å². The van der Waals surface area contributed by atoms with Gasteiger partial charge in [-0.25, -0.2) is 4.98 Å². The summed E-state index contributed by atoms with van der Waals surface area (Å²) in [5, 5.41) is 12.8. The van der Waals surface area contributed by atoms with Crippen molar-refractivity contribution in [1.29, 1.82) is 5.26 Å². The zero-order valence-corrected chi connectivity index (χ0v) is 21.0. The van der Waals surface area contributed by atoms with Gasteiger partial charge in [-0.05, 0) is 36.6 Å². The van der Waals surface area contributed by atoms with Crippen molar-refractivity contribution in [3.05, 3.63) is 81.8 Å². The van der Waals surface area contributed by atoms with Gasteiger partial charge in [0.1, 0.15) is 23.1 Å². The SMILES string of the molecule is N#CC(=Cc1c(N2CCN(Cc3ccccc3)CC2)nc2ccccn2c1=O)C(=O)NC1CCCCC1. The fourth-order valence-electron chi connectivity index (χ4n) is 5.22. The normalized spacial score (nSPS) is 17.5. The highest BCUT2D eigenvalue weighted by atomic mass is 16.2. The number of fused-ring (bicyclic) bond motifs is 1. The molecule has 2 fully saturated rings. The lowest BCUT2D eigenvalue weighted by Crippen LogP contribution is -2.47. The molecule has 0 bridgehead atoms. The fraction of sp³-hybridized carbons (Fsp3) is 0.379. The van der Waals surface area contributed by atoms with Gasteiger partial charge in [0.15, 0.2) is 0 Å². The van der Waals surface area contributed by atoms with E-state index in [1.807, 2.05) is 30.3 Å². The van der Waals surface area contributed by atoms with Crippen molar-refractivity contribution in [2.75, 3.05) is 31.1 Å². The number of amides is 1. The predicted octanol–water partition coefficient (Wildman–Crippen LogP) is 3.37. The third-order valence-corrected chi connectivity index (χ3v) is 7.26. The molecule has 1 N–H and O–H groups in total. The molecule has 3 heterocycles. The summed E-state index contributed by atoms with van der Waals surface area (Å²) >= 11 is 0. The second kappa shape index (κ2) is 11.4. The molecule has 2 aromatic heterocycles. The highest BCUT2D eigenvalue weighted by Crippen LogP contribution is 2.22. The molecule has 0 radical (unpaired) electrons. The predicted molar refractivity (Wildman–Crippen MR) is 144 cm³/mol. The van der Waals surface area contributed by atoms with Gasteiger partial charge in [-0.15, -0.1) is 0 Å². The van der Waals surface area contributed by atoms with E-state index in [4.69, 9.17) is 4.98 Å². The Kier molecular flexibility index (Phi) is 7.62. The average Bonchev–Trinajstić information content (AvgIpc) is 2.94. The van der Waals surface area contributed by atoms with Gasteiger partial charge in [-0.2, -0.15) is 5.26 Å². The Morgan fingerprint density at radius 3 is 2.49 bits per heavy atom. The van der Waals surface area contributed by atoms with E-state index in [1.54, 1.807) is 18.3 Å². The summed E-state index contributed by atoms with van der Waals surface area (Å²) in [6.45, 7) is 3.90. The summed E-state index contributed by atoms with van der Waals surface area (Å²) in [6, 6.07) is 17.9. The first kappa shape index (κ1) is 24.7. The summed E-state index contributed by atoms with van der Waals surface area (Å²) in [7, 11) is 0. The van der Waals surface area contributed by atoms with Crippen molar-refractivity contribution in [2.24, 2.45) is 0 Å². The molecule has 1 aromatic carbocycles. The second-order valence-electron chi connectivity index (χ2n) is 9.81. The molecular formula is C29H32N6O2. The van der Waals surface area contributed by atoms with Gasteiger partial charge in [0.2, 0.25) is 0 Å². The van der Waals surface area contributed by atoms with Crippen LogP contribution in [0.1, 0.15) is 43.2 Å². The lowest BCUT2D eigenvalue weighted by molar-refractivity contribution is -0.117. The molecule has 8 nitrogen and oxygen atoms in total. The molecule has 1 aliphatic heterocycles. The maximum atomic E-state index is 13.6. The molecule has 1 saturated heterocycles. The smallest absolute Gasteiger partial charge is 0.267 e. The molecule has 1 aliphatic carbocycles. The first-order valence-corrected chi connectivity index (χ1v) is 13.1. The first-order chi connectivity index (χ1) is 18.1. The Bertz CT molecular complexity index is 1380. The number of benzene rings is 1. The Hall–Kier alpha value is -3.96. The van der Waals surface area contributed by atoms with Gasteiger partial charge in [-0.3, -0.25) is 18.9 Å². The van der Waals surface area contributed by atoms with E-state index >= 15 is 0 Å². The molecule has 8 heteroatoms. The van der Waals surface area contributed by atoms with E-state index < -0.39 is 5.91 Å². The van der Waals surface area contributed by atoms with E-state index in [0.717, 1.165) is 45.3 Å². The topological polar surface area (TPSA) is 93.7 Å². The van der Waals surface area contributed by atoms with E-state index in [2.05, 4.69) is 27.2 Å². The molecular weight excluding hydrogens is 464 g/mol. The third-order valence-electron chi connectivity index (χ3n) is 7.26. The molecule has 37 heavy (non-hydrogen) atoms. The summed E-state index contributed by atoms with van der Waals surface area (Å²) in [4.78, 5) is 35.8. The van der Waals surface area contributed by atoms with Crippen molar-refractivity contribution in [2.45, 2.75) is 44.7 Å². The standard InChI is InChI=1S/C29H32N6O2/c30-20-23(28(36)31-24-11-5-2-6-12-24)19-25-27(32-26-13-7-8-14-35(26)29(25)37)34-17-15-33(16-18-34)21-22-9-3-1-4-10-22/h1,3-4,7-10,13-14,19,24H,2,5-6,11-12,15-18,21H2,(H,31,36). The number of rotatable bonds is 6. The maximum absolute atomic E-state index is 13.6. The lowest BCUT2D eigenvalue weighted by atomic mass is 9.95. The molecule has 5 rings (SSSR count). The van der Waals surface area contributed by atoms with Crippen LogP contribution in [0.2, 0.25) is 0 Å². The second-order valence-corrected chi connectivity index (χ2v) is 9.81. The minimum Gasteiger partial charge on any atom is -0.353 e. The first-order valence-electron chi connectivity index (χ1n) is 13.1. The van der Waals surface area contributed by atoms with Gasteiger partial charge in [0.05, 0.1) is 5.56 Å². The number of pyridine rings is 1. The Morgan fingerprint density at radius 1 is 1.03 bits per heavy atom. The van der Waals surface area contributed by atoms with Crippen LogP contribution in [-0.2, 0) is 11.3 Å². The molecule has 0 spiro atoms. The monoisotopic (exact) mass is 496 g/mol. The minimum atomic E-state index is -0.425. The number of hydrogen-bond donors (Lipinski definition) is 1. The van der Waals surface area contributed by atoms with Crippen LogP contribution in [0.15, 0.2) is 65.1 Å². The molecule has 0 atom stereocenters. The van der Waals surface area contributed by atoms with E-state index in [1.165, 1.54) is 22.5 Å². The molecule has 0 unspecified atom stereocenters. The summed E-state index contributed by atoms with van der Waals surface area (Å²) < 4.78 is 1.47. The Morgan fingerprint density at radius 2 is 1.76 bits per heavy atom. The number of carbonyl (C=O) groups is 1. The van der Waals surface area contributed by atoms with Crippen LogP contribution in [0, 0.1) is 11.3 Å². The summed E-state index contributed by atoms with van der Waals surface area (Å²) in [5.74, 6) is 0.0966. The van der Waals surface area contributed by atoms with Crippen LogP contribution < -0.4 is 15.8 Å². The summed E-state index contributed by atoms with van der Waals surface area (Å²) in [6.07, 6.45) is 8.26. The van der Waals surface area contributed by atoms with Crippen LogP contribution >= 0.6 is 0 Å². The van der Waals surface area contributed by atoms with Gasteiger partial charge in [-0.1, -0.05) is 55.7 Å². The number of nitrogens with one attached hydrogen (secondary N) is 1. The molecule has 1 saturated carbocycles. The van der Waals surface area contributed by atoms with E-state index in [0.29, 0.717) is 24.6 Å². The lowest BCUT2D eigenvalue weighted by Gasteiger charge is -2.36. The van der Waals surface area contributed by atoms with Crippen LogP contribution in [0.4, 0.5) is 5.82 Å². The average molecular weight is 497 g/mol. The van der Waals surface area contributed by atoms with Crippen LogP contribution in [0.3, 0.4) is 0 Å². The Balaban J connectivity index is 1.43. The number of nitriles is 1. The minimum absolute atomic E-state index is 0.0654. The zero-order valence-electron chi connectivity index (χ0n) is 21.0. The summed E-state index contributed by atoms with van der Waals surface area (Å²) in [5.41, 5.74) is 1.73. The molecule has 2 aliphatic rings. The number of anilines is 1. The van der Waals surface area contributed by atoms with Crippen molar-refractivity contribution in [3.8, 4) is 6.07 Å². The van der Waals surface area contributed by atoms with Crippen LogP contribution in [-0.4, -0.2) is 52.4 Å². The highest BCUT2D eigenvalue weighted by Gasteiger charge is 2.24. The quantitative estimate of drug-likeness (QED) is 0.415. The Labute approximate surface area is 216 Å². The van der Waals surface area contributed by atoms with E-state index in [-0.39, 0.29) is 22.7 Å². The van der Waals surface area contributed by atoms with E-state index in [9.17, 15) is 14.9 Å². The third kappa shape index (κ3) is 5.73. The van der Waals surface area contributed by atoms with Gasteiger partial charge in [0.25, 0.3) is 11.5 Å². The van der Waals surface area contributed by atoms with Crippen molar-refractivity contribution < 1.29 is 4.79 Å². The maximum Gasteiger partial charge on any atom is 0.267 e. The van der Waals surface area contributed by atoms with Crippen molar-refractivity contribution >= 4 is 23.4 Å². The number of carbonyl (C=O) groups excluding carboxylic acids is 1. The zero-order chi connectivity index (χ0) is 25.6. The van der Waals surface area contributed by atoms with Gasteiger partial charge < -0.3 is 10.2 Å². The molecule has 190 valence electrons. The van der Waals surface area contributed by atoms with Gasteiger partial charge >= 0.3 is 0 Å². The number of nitrogens with zero attached hydrogens (tertiary/aromatic N) is 5. The number of piperazine rings is 1. The largest absolute Gasteiger partial charge is 0.353 e. The fourth-order valence-corrected chi connectivity index (χ4v) is 5.22.